The molecule has 3 aromatic carbocycles. The van der Waals surface area contributed by atoms with Gasteiger partial charge in [0.05, 0.1) is 25.8 Å². The Kier molecular flexibility index (Phi) is 7.94. The number of halogens is 1. The van der Waals surface area contributed by atoms with Crippen molar-refractivity contribution in [2.45, 2.75) is 27.0 Å². The van der Waals surface area contributed by atoms with Crippen LogP contribution < -0.4 is 19.6 Å². The highest BCUT2D eigenvalue weighted by molar-refractivity contribution is 7.71. The monoisotopic (exact) mass is 510 g/mol. The normalized spacial score (nSPS) is 10.7. The number of ether oxygens (including phenoxy) is 3. The summed E-state index contributed by atoms with van der Waals surface area (Å²) in [5.74, 6) is 2.52. The maximum atomic E-state index is 6.64. The smallest absolute Gasteiger partial charge is 0.214 e. The van der Waals surface area contributed by atoms with Crippen LogP contribution in [0.1, 0.15) is 23.6 Å². The zero-order chi connectivity index (χ0) is 24.8. The molecule has 4 rings (SSSR count). The maximum absolute atomic E-state index is 6.64. The molecule has 0 aliphatic heterocycles. The minimum absolute atomic E-state index is 0.382. The van der Waals surface area contributed by atoms with Gasteiger partial charge in [0.25, 0.3) is 0 Å². The number of aromatic nitrogens is 3. The second kappa shape index (κ2) is 11.3. The van der Waals surface area contributed by atoms with E-state index in [0.717, 1.165) is 16.7 Å². The van der Waals surface area contributed by atoms with Gasteiger partial charge in [-0.1, -0.05) is 48.0 Å². The van der Waals surface area contributed by atoms with E-state index in [-0.39, 0.29) is 0 Å². The van der Waals surface area contributed by atoms with Gasteiger partial charge in [-0.3, -0.25) is 0 Å². The summed E-state index contributed by atoms with van der Waals surface area (Å²) in [4.78, 5) is 0. The molecule has 7 nitrogen and oxygen atoms in total. The number of benzene rings is 3. The molecule has 0 saturated carbocycles. The number of hydrogen-bond donors (Lipinski definition) is 2. The predicted octanol–water partition coefficient (Wildman–Crippen LogP) is 6.30. The summed E-state index contributed by atoms with van der Waals surface area (Å²) >= 11 is 12.1. The molecule has 2 N–H and O–H groups in total. The number of nitrogens with one attached hydrogen (secondary N) is 2. The third kappa shape index (κ3) is 5.61. The highest BCUT2D eigenvalue weighted by Crippen LogP contribution is 2.35. The minimum atomic E-state index is 0.382. The van der Waals surface area contributed by atoms with E-state index < -0.39 is 0 Å². The molecule has 0 amide bonds. The summed E-state index contributed by atoms with van der Waals surface area (Å²) in [6, 6.07) is 19.4. The van der Waals surface area contributed by atoms with Crippen molar-refractivity contribution in [1.29, 1.82) is 0 Å². The van der Waals surface area contributed by atoms with E-state index in [1.165, 1.54) is 5.56 Å². The molecule has 0 saturated heterocycles. The Bertz CT molecular complexity index is 1370. The van der Waals surface area contributed by atoms with Gasteiger partial charge in [-0.05, 0) is 61.0 Å². The lowest BCUT2D eigenvalue weighted by atomic mass is 10.1. The van der Waals surface area contributed by atoms with Gasteiger partial charge in [0.1, 0.15) is 12.4 Å². The average molecular weight is 511 g/mol. The standard InChI is InChI=1S/C26H27ClN4O3S/c1-4-33-23-13-19(21(27)14-24(23)34-16-18-10-6-5-9-17(18)2)15-28-31-25(29-30-26(31)35)20-11-7-8-12-22(20)32-3/h5-14,28H,4,15-16H2,1-3H3,(H,30,35). The SMILES string of the molecule is CCOc1cc(CNn2c(-c3ccccc3OC)n[nH]c2=S)c(Cl)cc1OCc1ccccc1C. The number of hydrogen-bond acceptors (Lipinski definition) is 6. The Labute approximate surface area is 214 Å². The number of H-pyrrole nitrogens is 1. The lowest BCUT2D eigenvalue weighted by Crippen LogP contribution is -2.16. The molecule has 0 fully saturated rings. The molecule has 35 heavy (non-hydrogen) atoms. The predicted molar refractivity (Wildman–Crippen MR) is 141 cm³/mol. The number of methoxy groups -OCH3 is 1. The molecule has 182 valence electrons. The number of rotatable bonds is 10. The fourth-order valence-corrected chi connectivity index (χ4v) is 4.06. The van der Waals surface area contributed by atoms with Crippen molar-refractivity contribution >= 4 is 23.8 Å². The van der Waals surface area contributed by atoms with Crippen molar-refractivity contribution < 1.29 is 14.2 Å². The van der Waals surface area contributed by atoms with E-state index >= 15 is 0 Å². The van der Waals surface area contributed by atoms with Crippen LogP contribution >= 0.6 is 23.8 Å². The van der Waals surface area contributed by atoms with E-state index in [1.807, 2.05) is 55.5 Å². The average Bonchev–Trinajstić information content (AvgIpc) is 3.24. The van der Waals surface area contributed by atoms with Crippen molar-refractivity contribution in [3.63, 3.8) is 0 Å². The van der Waals surface area contributed by atoms with Crippen molar-refractivity contribution in [3.8, 4) is 28.6 Å². The number of para-hydroxylation sites is 1. The first kappa shape index (κ1) is 24.6. The highest BCUT2D eigenvalue weighted by atomic mass is 35.5. The van der Waals surface area contributed by atoms with Gasteiger partial charge in [0.15, 0.2) is 17.3 Å². The summed E-state index contributed by atoms with van der Waals surface area (Å²) < 4.78 is 19.6. The topological polar surface area (TPSA) is 73.3 Å². The van der Waals surface area contributed by atoms with Crippen LogP contribution in [-0.2, 0) is 13.2 Å². The summed E-state index contributed by atoms with van der Waals surface area (Å²) in [6.45, 7) is 5.30. The van der Waals surface area contributed by atoms with Gasteiger partial charge >= 0.3 is 0 Å². The first-order valence-electron chi connectivity index (χ1n) is 11.2. The van der Waals surface area contributed by atoms with Crippen LogP contribution in [0.15, 0.2) is 60.7 Å². The Hall–Kier alpha value is -3.49. The Balaban J connectivity index is 1.57. The quantitative estimate of drug-likeness (QED) is 0.244. The molecule has 0 bridgehead atoms. The van der Waals surface area contributed by atoms with Crippen molar-refractivity contribution in [1.82, 2.24) is 14.9 Å². The van der Waals surface area contributed by atoms with Crippen molar-refractivity contribution in [2.24, 2.45) is 0 Å². The molecule has 4 aromatic rings. The molecule has 1 aromatic heterocycles. The second-order valence-corrected chi connectivity index (χ2v) is 8.56. The maximum Gasteiger partial charge on any atom is 0.214 e. The lowest BCUT2D eigenvalue weighted by molar-refractivity contribution is 0.268. The third-order valence-corrected chi connectivity index (χ3v) is 6.13. The molecule has 0 aliphatic carbocycles. The minimum Gasteiger partial charge on any atom is -0.496 e. The van der Waals surface area contributed by atoms with E-state index in [4.69, 9.17) is 38.0 Å². The van der Waals surface area contributed by atoms with Gasteiger partial charge in [0.2, 0.25) is 4.77 Å². The van der Waals surface area contributed by atoms with E-state index in [0.29, 0.717) is 52.6 Å². The zero-order valence-corrected chi connectivity index (χ0v) is 21.4. The van der Waals surface area contributed by atoms with Gasteiger partial charge < -0.3 is 19.6 Å². The summed E-state index contributed by atoms with van der Waals surface area (Å²) in [7, 11) is 1.62. The van der Waals surface area contributed by atoms with Crippen LogP contribution in [-0.4, -0.2) is 28.6 Å². The molecule has 0 radical (unpaired) electrons. The van der Waals surface area contributed by atoms with Gasteiger partial charge in [-0.15, -0.1) is 0 Å². The Morgan fingerprint density at radius 2 is 1.74 bits per heavy atom. The molecular weight excluding hydrogens is 484 g/mol. The summed E-state index contributed by atoms with van der Waals surface area (Å²) in [5.41, 5.74) is 7.21. The van der Waals surface area contributed by atoms with Gasteiger partial charge in [-0.25, -0.2) is 9.77 Å². The number of aryl methyl sites for hydroxylation is 1. The Morgan fingerprint density at radius 3 is 2.51 bits per heavy atom. The summed E-state index contributed by atoms with van der Waals surface area (Å²) in [5, 5.41) is 7.76. The van der Waals surface area contributed by atoms with Crippen molar-refractivity contribution in [2.75, 3.05) is 19.1 Å². The van der Waals surface area contributed by atoms with Crippen molar-refractivity contribution in [3.05, 3.63) is 87.1 Å². The van der Waals surface area contributed by atoms with Crippen LogP contribution in [0.3, 0.4) is 0 Å². The van der Waals surface area contributed by atoms with E-state index in [9.17, 15) is 0 Å². The second-order valence-electron chi connectivity index (χ2n) is 7.76. The molecular formula is C26H27ClN4O3S. The van der Waals surface area contributed by atoms with Crippen LogP contribution in [0.5, 0.6) is 17.2 Å². The van der Waals surface area contributed by atoms with Crippen LogP contribution in [0.2, 0.25) is 5.02 Å². The van der Waals surface area contributed by atoms with Crippen LogP contribution in [0, 0.1) is 11.7 Å². The van der Waals surface area contributed by atoms with Gasteiger partial charge in [0, 0.05) is 11.1 Å². The largest absolute Gasteiger partial charge is 0.496 e. The van der Waals surface area contributed by atoms with E-state index in [1.54, 1.807) is 17.9 Å². The molecule has 0 atom stereocenters. The van der Waals surface area contributed by atoms with Crippen LogP contribution in [0.25, 0.3) is 11.4 Å². The first-order valence-corrected chi connectivity index (χ1v) is 12.0. The fraction of sp³-hybridized carbons (Fsp3) is 0.231. The summed E-state index contributed by atoms with van der Waals surface area (Å²) in [6.07, 6.45) is 0. The zero-order valence-electron chi connectivity index (χ0n) is 19.8. The Morgan fingerprint density at radius 1 is 1.00 bits per heavy atom. The lowest BCUT2D eigenvalue weighted by Gasteiger charge is -2.17. The molecule has 9 heteroatoms. The van der Waals surface area contributed by atoms with E-state index in [2.05, 4.69) is 28.6 Å². The fourth-order valence-electron chi connectivity index (χ4n) is 3.64. The first-order chi connectivity index (χ1) is 17.0. The highest BCUT2D eigenvalue weighted by Gasteiger charge is 2.16. The van der Waals surface area contributed by atoms with Crippen LogP contribution in [0.4, 0.5) is 0 Å². The number of nitrogens with zero attached hydrogens (tertiary/aromatic N) is 2. The number of aromatic amines is 1. The molecule has 0 aliphatic rings. The van der Waals surface area contributed by atoms with Gasteiger partial charge in [-0.2, -0.15) is 5.10 Å². The molecule has 1 heterocycles. The third-order valence-electron chi connectivity index (χ3n) is 5.50. The molecule has 0 spiro atoms. The molecule has 0 unspecified atom stereocenters.